The molecule has 1 saturated heterocycles. The van der Waals surface area contributed by atoms with E-state index in [0.29, 0.717) is 41.3 Å². The standard InChI is InChI=1S/C16H22N4O3S/c1-3-19-10-17-14-12(15(19)22)11(2)13(24-14)16(23)20-6-4-18(5-7-20)8-9-21/h10,21H,3-9H2,1-2H3. The second kappa shape index (κ2) is 7.00. The van der Waals surface area contributed by atoms with Gasteiger partial charge in [0, 0.05) is 39.3 Å². The number of hydrogen-bond donors (Lipinski definition) is 1. The number of β-amino-alcohol motifs (C(OH)–C–C–N with tert-alkyl or cyclic N) is 1. The first-order chi connectivity index (χ1) is 11.6. The number of carbonyl (C=O) groups is 1. The van der Waals surface area contributed by atoms with Gasteiger partial charge < -0.3 is 10.0 Å². The Morgan fingerprint density at radius 2 is 2.04 bits per heavy atom. The van der Waals surface area contributed by atoms with Crippen molar-refractivity contribution in [1.29, 1.82) is 0 Å². The van der Waals surface area contributed by atoms with Crippen LogP contribution in [-0.4, -0.2) is 69.7 Å². The van der Waals surface area contributed by atoms with Crippen LogP contribution < -0.4 is 5.56 Å². The van der Waals surface area contributed by atoms with Crippen LogP contribution in [0, 0.1) is 6.92 Å². The maximum absolute atomic E-state index is 12.9. The van der Waals surface area contributed by atoms with Crippen LogP contribution in [0.1, 0.15) is 22.2 Å². The molecular weight excluding hydrogens is 328 g/mol. The number of aryl methyl sites for hydroxylation is 2. The van der Waals surface area contributed by atoms with Crippen LogP contribution in [-0.2, 0) is 6.54 Å². The summed E-state index contributed by atoms with van der Waals surface area (Å²) in [6.07, 6.45) is 1.54. The van der Waals surface area contributed by atoms with Crippen molar-refractivity contribution < 1.29 is 9.90 Å². The summed E-state index contributed by atoms with van der Waals surface area (Å²) in [5.41, 5.74) is 0.654. The van der Waals surface area contributed by atoms with Gasteiger partial charge in [0.1, 0.15) is 4.83 Å². The van der Waals surface area contributed by atoms with Crippen LogP contribution in [0.4, 0.5) is 0 Å². The van der Waals surface area contributed by atoms with E-state index >= 15 is 0 Å². The lowest BCUT2D eigenvalue weighted by atomic mass is 10.2. The molecule has 0 bridgehead atoms. The topological polar surface area (TPSA) is 78.7 Å². The second-order valence-electron chi connectivity index (χ2n) is 5.93. The van der Waals surface area contributed by atoms with Crippen LogP contribution in [0.25, 0.3) is 10.2 Å². The van der Waals surface area contributed by atoms with Gasteiger partial charge in [-0.15, -0.1) is 11.3 Å². The van der Waals surface area contributed by atoms with Gasteiger partial charge >= 0.3 is 0 Å². The Balaban J connectivity index is 1.87. The third-order valence-electron chi connectivity index (χ3n) is 4.53. The van der Waals surface area contributed by atoms with E-state index in [4.69, 9.17) is 5.11 Å². The summed E-state index contributed by atoms with van der Waals surface area (Å²) in [4.78, 5) is 34.9. The average molecular weight is 350 g/mol. The Labute approximate surface area is 144 Å². The van der Waals surface area contributed by atoms with E-state index in [0.717, 1.165) is 18.7 Å². The predicted molar refractivity (Wildman–Crippen MR) is 93.7 cm³/mol. The number of nitrogens with zero attached hydrogens (tertiary/aromatic N) is 4. The lowest BCUT2D eigenvalue weighted by Gasteiger charge is -2.34. The number of carbonyl (C=O) groups excluding carboxylic acids is 1. The second-order valence-corrected chi connectivity index (χ2v) is 6.93. The molecule has 7 nitrogen and oxygen atoms in total. The molecule has 1 aliphatic heterocycles. The molecule has 0 atom stereocenters. The number of piperazine rings is 1. The van der Waals surface area contributed by atoms with Gasteiger partial charge in [0.05, 0.1) is 23.2 Å². The highest BCUT2D eigenvalue weighted by atomic mass is 32.1. The number of aliphatic hydroxyl groups is 1. The summed E-state index contributed by atoms with van der Waals surface area (Å²) in [6, 6.07) is 0. The molecule has 130 valence electrons. The SMILES string of the molecule is CCn1cnc2sc(C(=O)N3CCN(CCO)CC3)c(C)c2c1=O. The third kappa shape index (κ3) is 2.97. The molecule has 1 N–H and O–H groups in total. The number of amides is 1. The van der Waals surface area contributed by atoms with Gasteiger partial charge in [0.2, 0.25) is 0 Å². The molecule has 0 radical (unpaired) electrons. The highest BCUT2D eigenvalue weighted by molar-refractivity contribution is 7.20. The van der Waals surface area contributed by atoms with Crippen LogP contribution in [0.5, 0.6) is 0 Å². The van der Waals surface area contributed by atoms with Gasteiger partial charge in [-0.05, 0) is 19.4 Å². The normalized spacial score (nSPS) is 16.0. The first kappa shape index (κ1) is 17.1. The smallest absolute Gasteiger partial charge is 0.264 e. The molecule has 1 fully saturated rings. The molecule has 0 aliphatic carbocycles. The molecule has 2 aromatic rings. The molecule has 3 heterocycles. The molecule has 24 heavy (non-hydrogen) atoms. The quantitative estimate of drug-likeness (QED) is 0.871. The summed E-state index contributed by atoms with van der Waals surface area (Å²) >= 11 is 1.30. The van der Waals surface area contributed by atoms with Gasteiger partial charge in [-0.2, -0.15) is 0 Å². The Morgan fingerprint density at radius 1 is 1.33 bits per heavy atom. The highest BCUT2D eigenvalue weighted by Gasteiger charge is 2.26. The van der Waals surface area contributed by atoms with Crippen LogP contribution in [0.3, 0.4) is 0 Å². The van der Waals surface area contributed by atoms with Gasteiger partial charge in [0.15, 0.2) is 0 Å². The zero-order valence-electron chi connectivity index (χ0n) is 14.0. The molecule has 0 aromatic carbocycles. The Hall–Kier alpha value is -1.77. The van der Waals surface area contributed by atoms with Crippen molar-refractivity contribution in [3.8, 4) is 0 Å². The summed E-state index contributed by atoms with van der Waals surface area (Å²) in [5.74, 6) is -0.0263. The lowest BCUT2D eigenvalue weighted by Crippen LogP contribution is -2.49. The fourth-order valence-corrected chi connectivity index (χ4v) is 4.16. The van der Waals surface area contributed by atoms with Crippen molar-refractivity contribution >= 4 is 27.5 Å². The van der Waals surface area contributed by atoms with E-state index in [-0.39, 0.29) is 18.1 Å². The third-order valence-corrected chi connectivity index (χ3v) is 5.72. The maximum Gasteiger partial charge on any atom is 0.264 e. The fraction of sp³-hybridized carbons (Fsp3) is 0.562. The number of fused-ring (bicyclic) bond motifs is 1. The predicted octanol–water partition coefficient (Wildman–Crippen LogP) is 0.536. The van der Waals surface area contributed by atoms with Crippen molar-refractivity contribution in [3.63, 3.8) is 0 Å². The van der Waals surface area contributed by atoms with Crippen molar-refractivity contribution in [3.05, 3.63) is 27.1 Å². The minimum atomic E-state index is -0.0805. The number of rotatable bonds is 4. The van der Waals surface area contributed by atoms with Gasteiger partial charge in [0.25, 0.3) is 11.5 Å². The van der Waals surface area contributed by atoms with E-state index in [9.17, 15) is 9.59 Å². The van der Waals surface area contributed by atoms with Crippen LogP contribution in [0.15, 0.2) is 11.1 Å². The number of aliphatic hydroxyl groups excluding tert-OH is 1. The number of thiophene rings is 1. The van der Waals surface area contributed by atoms with Crippen molar-refractivity contribution in [2.75, 3.05) is 39.3 Å². The van der Waals surface area contributed by atoms with Gasteiger partial charge in [-0.3, -0.25) is 19.1 Å². The van der Waals surface area contributed by atoms with Gasteiger partial charge in [-0.25, -0.2) is 4.98 Å². The molecule has 0 spiro atoms. The molecule has 1 aliphatic rings. The summed E-state index contributed by atoms with van der Waals surface area (Å²) in [7, 11) is 0. The zero-order valence-corrected chi connectivity index (χ0v) is 14.8. The fourth-order valence-electron chi connectivity index (χ4n) is 3.05. The Morgan fingerprint density at radius 3 is 2.67 bits per heavy atom. The van der Waals surface area contributed by atoms with Crippen molar-refractivity contribution in [2.45, 2.75) is 20.4 Å². The van der Waals surface area contributed by atoms with Crippen molar-refractivity contribution in [1.82, 2.24) is 19.4 Å². The van der Waals surface area contributed by atoms with Gasteiger partial charge in [-0.1, -0.05) is 0 Å². The highest BCUT2D eigenvalue weighted by Crippen LogP contribution is 2.28. The molecule has 0 unspecified atom stereocenters. The Bertz CT molecular complexity index is 805. The maximum atomic E-state index is 12.9. The summed E-state index contributed by atoms with van der Waals surface area (Å²) in [6.45, 7) is 7.87. The molecule has 8 heteroatoms. The van der Waals surface area contributed by atoms with E-state index < -0.39 is 0 Å². The lowest BCUT2D eigenvalue weighted by molar-refractivity contribution is 0.0619. The molecule has 3 rings (SSSR count). The minimum Gasteiger partial charge on any atom is -0.395 e. The van der Waals surface area contributed by atoms with E-state index in [1.807, 2.05) is 18.7 Å². The zero-order chi connectivity index (χ0) is 17.3. The molecular formula is C16H22N4O3S. The summed E-state index contributed by atoms with van der Waals surface area (Å²) in [5, 5.41) is 9.56. The van der Waals surface area contributed by atoms with E-state index in [1.165, 1.54) is 11.3 Å². The first-order valence-corrected chi connectivity index (χ1v) is 8.99. The van der Waals surface area contributed by atoms with E-state index in [1.54, 1.807) is 10.9 Å². The Kier molecular flexibility index (Phi) is 4.98. The van der Waals surface area contributed by atoms with Crippen LogP contribution in [0.2, 0.25) is 0 Å². The summed E-state index contributed by atoms with van der Waals surface area (Å²) < 4.78 is 1.56. The largest absolute Gasteiger partial charge is 0.395 e. The number of hydrogen-bond acceptors (Lipinski definition) is 6. The molecule has 2 aromatic heterocycles. The van der Waals surface area contributed by atoms with E-state index in [2.05, 4.69) is 9.88 Å². The monoisotopic (exact) mass is 350 g/mol. The van der Waals surface area contributed by atoms with Crippen molar-refractivity contribution in [2.24, 2.45) is 0 Å². The van der Waals surface area contributed by atoms with Crippen LogP contribution >= 0.6 is 11.3 Å². The first-order valence-electron chi connectivity index (χ1n) is 8.17. The average Bonchev–Trinajstić information content (AvgIpc) is 2.93. The minimum absolute atomic E-state index is 0.0263. The molecule has 0 saturated carbocycles. The molecule has 1 amide bonds. The number of aromatic nitrogens is 2.